The fourth-order valence-corrected chi connectivity index (χ4v) is 1.46. The molecular weight excluding hydrogens is 286 g/mol. The molecule has 0 aliphatic carbocycles. The van der Waals surface area contributed by atoms with E-state index in [1.807, 2.05) is 0 Å². The summed E-state index contributed by atoms with van der Waals surface area (Å²) in [5.74, 6) is -0.420. The van der Waals surface area contributed by atoms with Gasteiger partial charge in [0, 0.05) is 13.2 Å². The van der Waals surface area contributed by atoms with Crippen molar-refractivity contribution in [3.05, 3.63) is 27.2 Å². The number of halogens is 3. The minimum absolute atomic E-state index is 0.149. The minimum Gasteiger partial charge on any atom is -0.423 e. The number of rotatable bonds is 3. The molecule has 1 rings (SSSR count). The van der Waals surface area contributed by atoms with E-state index in [9.17, 15) is 4.79 Å². The molecule has 0 amide bonds. The van der Waals surface area contributed by atoms with E-state index in [4.69, 9.17) is 44.3 Å². The highest BCUT2D eigenvalue weighted by molar-refractivity contribution is 6.43. The van der Waals surface area contributed by atoms with E-state index >= 15 is 0 Å². The smallest absolute Gasteiger partial charge is 0.343 e. The highest BCUT2D eigenvalue weighted by atomic mass is 35.5. The minimum atomic E-state index is -1.06. The van der Waals surface area contributed by atoms with Gasteiger partial charge in [-0.3, -0.25) is 0 Å². The Morgan fingerprint density at radius 3 is 2.18 bits per heavy atom. The predicted octanol–water partition coefficient (Wildman–Crippen LogP) is 3.98. The highest BCUT2D eigenvalue weighted by Crippen LogP contribution is 2.34. The Morgan fingerprint density at radius 2 is 1.65 bits per heavy atom. The van der Waals surface area contributed by atoms with Crippen LogP contribution in [0.5, 0.6) is 5.75 Å². The Balaban J connectivity index is 2.97. The van der Waals surface area contributed by atoms with Gasteiger partial charge in [-0.25, -0.2) is 4.79 Å². The van der Waals surface area contributed by atoms with Crippen LogP contribution in [-0.4, -0.2) is 18.7 Å². The van der Waals surface area contributed by atoms with Crippen LogP contribution in [0.1, 0.15) is 13.8 Å². The molecule has 0 unspecified atom stereocenters. The third-order valence-corrected chi connectivity index (χ3v) is 3.20. The van der Waals surface area contributed by atoms with Crippen LogP contribution < -0.4 is 4.74 Å². The topological polar surface area (TPSA) is 35.5 Å². The first-order valence-electron chi connectivity index (χ1n) is 4.70. The molecule has 0 saturated carbocycles. The number of carbonyl (C=O) groups is 1. The molecular formula is C11H11Cl3O3. The Bertz CT molecular complexity index is 444. The fourth-order valence-electron chi connectivity index (χ4n) is 0.889. The predicted molar refractivity (Wildman–Crippen MR) is 68.2 cm³/mol. The Labute approximate surface area is 115 Å². The standard InChI is InChI=1S/C11H11Cl3O3/c1-11(2,16-3)10(15)17-9-5-7(13)6(12)4-8(9)14/h4-5H,1-3H3. The maximum Gasteiger partial charge on any atom is 0.343 e. The van der Waals surface area contributed by atoms with E-state index in [0.717, 1.165) is 0 Å². The van der Waals surface area contributed by atoms with Gasteiger partial charge < -0.3 is 9.47 Å². The summed E-state index contributed by atoms with van der Waals surface area (Å²) in [6, 6.07) is 2.80. The van der Waals surface area contributed by atoms with E-state index < -0.39 is 11.6 Å². The molecule has 0 atom stereocenters. The lowest BCUT2D eigenvalue weighted by atomic mass is 10.1. The van der Waals surface area contributed by atoms with Crippen molar-refractivity contribution < 1.29 is 14.3 Å². The number of hydrogen-bond acceptors (Lipinski definition) is 3. The van der Waals surface area contributed by atoms with Gasteiger partial charge in [0.2, 0.25) is 0 Å². The lowest BCUT2D eigenvalue weighted by molar-refractivity contribution is -0.154. The molecule has 0 heterocycles. The van der Waals surface area contributed by atoms with Gasteiger partial charge in [-0.2, -0.15) is 0 Å². The van der Waals surface area contributed by atoms with Crippen molar-refractivity contribution in [2.45, 2.75) is 19.4 Å². The molecule has 6 heteroatoms. The van der Waals surface area contributed by atoms with Gasteiger partial charge >= 0.3 is 5.97 Å². The number of methoxy groups -OCH3 is 1. The van der Waals surface area contributed by atoms with Crippen LogP contribution in [0, 0.1) is 0 Å². The van der Waals surface area contributed by atoms with Crippen LogP contribution >= 0.6 is 34.8 Å². The molecule has 1 aromatic carbocycles. The third-order valence-electron chi connectivity index (χ3n) is 2.18. The Kier molecular flexibility index (Phi) is 4.67. The zero-order valence-electron chi connectivity index (χ0n) is 9.51. The van der Waals surface area contributed by atoms with Crippen LogP contribution in [0.3, 0.4) is 0 Å². The first kappa shape index (κ1) is 14.6. The largest absolute Gasteiger partial charge is 0.423 e. The Morgan fingerprint density at radius 1 is 1.12 bits per heavy atom. The highest BCUT2D eigenvalue weighted by Gasteiger charge is 2.30. The zero-order valence-corrected chi connectivity index (χ0v) is 11.8. The maximum atomic E-state index is 11.7. The summed E-state index contributed by atoms with van der Waals surface area (Å²) in [6.07, 6.45) is 0. The van der Waals surface area contributed by atoms with Crippen LogP contribution in [0.2, 0.25) is 15.1 Å². The van der Waals surface area contributed by atoms with Gasteiger partial charge in [-0.05, 0) is 19.9 Å². The summed E-state index contributed by atoms with van der Waals surface area (Å²) in [5.41, 5.74) is -1.06. The molecule has 17 heavy (non-hydrogen) atoms. The third kappa shape index (κ3) is 3.49. The molecule has 0 N–H and O–H groups in total. The summed E-state index contributed by atoms with van der Waals surface area (Å²) >= 11 is 17.4. The van der Waals surface area contributed by atoms with Crippen molar-refractivity contribution in [1.29, 1.82) is 0 Å². The summed E-state index contributed by atoms with van der Waals surface area (Å²) in [4.78, 5) is 11.7. The van der Waals surface area contributed by atoms with Gasteiger partial charge in [0.25, 0.3) is 0 Å². The molecule has 0 aromatic heterocycles. The van der Waals surface area contributed by atoms with Crippen LogP contribution in [0.4, 0.5) is 0 Å². The van der Waals surface area contributed by atoms with E-state index in [1.165, 1.54) is 19.2 Å². The molecule has 0 fully saturated rings. The van der Waals surface area contributed by atoms with Gasteiger partial charge in [0.15, 0.2) is 11.4 Å². The average molecular weight is 298 g/mol. The molecule has 0 aliphatic rings. The first-order chi connectivity index (χ1) is 7.77. The average Bonchev–Trinajstić information content (AvgIpc) is 2.25. The molecule has 0 bridgehead atoms. The van der Waals surface area contributed by atoms with Gasteiger partial charge in [-0.15, -0.1) is 0 Å². The van der Waals surface area contributed by atoms with Gasteiger partial charge in [0.1, 0.15) is 0 Å². The lowest BCUT2D eigenvalue weighted by Crippen LogP contribution is -2.37. The van der Waals surface area contributed by atoms with Crippen molar-refractivity contribution >= 4 is 40.8 Å². The zero-order chi connectivity index (χ0) is 13.2. The van der Waals surface area contributed by atoms with E-state index in [1.54, 1.807) is 13.8 Å². The van der Waals surface area contributed by atoms with E-state index in [-0.39, 0.29) is 15.8 Å². The molecule has 94 valence electrons. The second kappa shape index (κ2) is 5.44. The van der Waals surface area contributed by atoms with Gasteiger partial charge in [0.05, 0.1) is 15.1 Å². The van der Waals surface area contributed by atoms with E-state index in [0.29, 0.717) is 5.02 Å². The molecule has 0 aliphatic heterocycles. The van der Waals surface area contributed by atoms with Gasteiger partial charge in [-0.1, -0.05) is 34.8 Å². The van der Waals surface area contributed by atoms with Crippen molar-refractivity contribution in [3.63, 3.8) is 0 Å². The fraction of sp³-hybridized carbons (Fsp3) is 0.364. The lowest BCUT2D eigenvalue weighted by Gasteiger charge is -2.20. The number of carbonyl (C=O) groups excluding carboxylic acids is 1. The number of hydrogen-bond donors (Lipinski definition) is 0. The van der Waals surface area contributed by atoms with Crippen molar-refractivity contribution in [2.75, 3.05) is 7.11 Å². The maximum absolute atomic E-state index is 11.7. The van der Waals surface area contributed by atoms with Crippen LogP contribution in [0.15, 0.2) is 12.1 Å². The number of esters is 1. The Hall–Kier alpha value is -0.480. The first-order valence-corrected chi connectivity index (χ1v) is 5.83. The number of ether oxygens (including phenoxy) is 2. The van der Waals surface area contributed by atoms with Crippen LogP contribution in [0.25, 0.3) is 0 Å². The van der Waals surface area contributed by atoms with E-state index in [2.05, 4.69) is 0 Å². The summed E-state index contributed by atoms with van der Waals surface area (Å²) in [6.45, 7) is 3.17. The van der Waals surface area contributed by atoms with Crippen molar-refractivity contribution in [3.8, 4) is 5.75 Å². The second-order valence-corrected chi connectivity index (χ2v) is 5.02. The number of benzene rings is 1. The normalized spacial score (nSPS) is 11.4. The molecule has 0 saturated heterocycles. The molecule has 0 spiro atoms. The monoisotopic (exact) mass is 296 g/mol. The SMILES string of the molecule is COC(C)(C)C(=O)Oc1cc(Cl)c(Cl)cc1Cl. The van der Waals surface area contributed by atoms with Crippen molar-refractivity contribution in [1.82, 2.24) is 0 Å². The quantitative estimate of drug-likeness (QED) is 0.481. The summed E-state index contributed by atoms with van der Waals surface area (Å²) in [5, 5.41) is 0.760. The molecule has 1 aromatic rings. The summed E-state index contributed by atoms with van der Waals surface area (Å²) in [7, 11) is 1.41. The molecule has 0 radical (unpaired) electrons. The van der Waals surface area contributed by atoms with Crippen LogP contribution in [-0.2, 0) is 9.53 Å². The second-order valence-electron chi connectivity index (χ2n) is 3.80. The summed E-state index contributed by atoms with van der Waals surface area (Å²) < 4.78 is 10.1. The molecule has 3 nitrogen and oxygen atoms in total. The van der Waals surface area contributed by atoms with Crippen molar-refractivity contribution in [2.24, 2.45) is 0 Å².